The first-order valence-corrected chi connectivity index (χ1v) is 11.5. The summed E-state index contributed by atoms with van der Waals surface area (Å²) in [4.78, 5) is 12.3. The van der Waals surface area contributed by atoms with E-state index >= 15 is 0 Å². The molecule has 2 aromatic rings. The molecule has 0 aliphatic carbocycles. The molecule has 1 N–H and O–H groups in total. The van der Waals surface area contributed by atoms with Gasteiger partial charge in [-0.2, -0.15) is 0 Å². The van der Waals surface area contributed by atoms with E-state index in [9.17, 15) is 13.2 Å². The number of nitrogens with one attached hydrogen (secondary N) is 1. The van der Waals surface area contributed by atoms with E-state index in [2.05, 4.69) is 24.4 Å². The van der Waals surface area contributed by atoms with Crippen LogP contribution in [0.3, 0.4) is 0 Å². The fourth-order valence-electron chi connectivity index (χ4n) is 3.13. The van der Waals surface area contributed by atoms with Crippen LogP contribution in [0, 0.1) is 6.92 Å². The zero-order valence-corrected chi connectivity index (χ0v) is 17.9. The molecule has 1 unspecified atom stereocenters. The summed E-state index contributed by atoms with van der Waals surface area (Å²) < 4.78 is 25.8. The molecule has 28 heavy (non-hydrogen) atoms. The van der Waals surface area contributed by atoms with Crippen LogP contribution < -0.4 is 9.62 Å². The highest BCUT2D eigenvalue weighted by Crippen LogP contribution is 2.22. The van der Waals surface area contributed by atoms with E-state index in [0.29, 0.717) is 12.1 Å². The molecule has 0 spiro atoms. The van der Waals surface area contributed by atoms with Crippen LogP contribution in [-0.2, 0) is 21.2 Å². The van der Waals surface area contributed by atoms with Crippen molar-refractivity contribution in [2.75, 3.05) is 17.1 Å². The largest absolute Gasteiger partial charge is 0.350 e. The van der Waals surface area contributed by atoms with Gasteiger partial charge in [0.05, 0.1) is 18.0 Å². The highest BCUT2D eigenvalue weighted by molar-refractivity contribution is 7.92. The summed E-state index contributed by atoms with van der Waals surface area (Å²) in [6.07, 6.45) is 2.91. The maximum atomic E-state index is 12.3. The maximum absolute atomic E-state index is 12.3. The number of hydrogen-bond donors (Lipinski definition) is 1. The molecule has 6 heteroatoms. The second kappa shape index (κ2) is 9.73. The molecular formula is C22H30N2O3S. The lowest BCUT2D eigenvalue weighted by Gasteiger charge is -2.24. The SMILES string of the molecule is CCc1ccc(C(C)NC(=O)CCCN(c2ccccc2C)S(C)(=O)=O)cc1. The van der Waals surface area contributed by atoms with Crippen LogP contribution in [-0.4, -0.2) is 27.1 Å². The van der Waals surface area contributed by atoms with E-state index in [4.69, 9.17) is 0 Å². The van der Waals surface area contributed by atoms with Crippen molar-refractivity contribution in [2.24, 2.45) is 0 Å². The van der Waals surface area contributed by atoms with Gasteiger partial charge in [0.15, 0.2) is 0 Å². The van der Waals surface area contributed by atoms with Crippen LogP contribution in [0.1, 0.15) is 49.4 Å². The second-order valence-corrected chi connectivity index (χ2v) is 9.02. The summed E-state index contributed by atoms with van der Waals surface area (Å²) in [5.41, 5.74) is 3.87. The van der Waals surface area contributed by atoms with Crippen molar-refractivity contribution in [3.63, 3.8) is 0 Å². The standard InChI is InChI=1S/C22H30N2O3S/c1-5-19-12-14-20(15-13-19)18(3)23-22(25)11-8-16-24(28(4,26)27)21-10-7-6-9-17(21)2/h6-7,9-10,12-15,18H,5,8,11,16H2,1-4H3,(H,23,25). The lowest BCUT2D eigenvalue weighted by molar-refractivity contribution is -0.121. The molecule has 0 heterocycles. The predicted octanol–water partition coefficient (Wildman–Crippen LogP) is 3.98. The van der Waals surface area contributed by atoms with Crippen molar-refractivity contribution >= 4 is 21.6 Å². The Labute approximate surface area is 168 Å². The summed E-state index contributed by atoms with van der Waals surface area (Å²) in [5, 5.41) is 2.99. The number of anilines is 1. The minimum absolute atomic E-state index is 0.0784. The van der Waals surface area contributed by atoms with Crippen molar-refractivity contribution in [1.82, 2.24) is 5.32 Å². The quantitative estimate of drug-likeness (QED) is 0.690. The molecule has 0 aliphatic heterocycles. The second-order valence-electron chi connectivity index (χ2n) is 7.11. The summed E-state index contributed by atoms with van der Waals surface area (Å²) in [5.74, 6) is -0.0784. The lowest BCUT2D eigenvalue weighted by atomic mass is 10.0. The Hall–Kier alpha value is -2.34. The topological polar surface area (TPSA) is 66.5 Å². The first-order chi connectivity index (χ1) is 13.2. The van der Waals surface area contributed by atoms with Gasteiger partial charge in [0.1, 0.15) is 0 Å². The number of rotatable bonds is 9. The monoisotopic (exact) mass is 402 g/mol. The first kappa shape index (κ1) is 22.0. The van der Waals surface area contributed by atoms with E-state index in [0.717, 1.165) is 17.5 Å². The Morgan fingerprint density at radius 3 is 2.32 bits per heavy atom. The third-order valence-corrected chi connectivity index (χ3v) is 5.99. The van der Waals surface area contributed by atoms with E-state index in [1.165, 1.54) is 16.1 Å². The number of sulfonamides is 1. The lowest BCUT2D eigenvalue weighted by Crippen LogP contribution is -2.33. The number of benzene rings is 2. The van der Waals surface area contributed by atoms with Crippen LogP contribution in [0.15, 0.2) is 48.5 Å². The normalized spacial score (nSPS) is 12.4. The van der Waals surface area contributed by atoms with Crippen molar-refractivity contribution < 1.29 is 13.2 Å². The van der Waals surface area contributed by atoms with E-state index in [-0.39, 0.29) is 24.9 Å². The number of nitrogens with zero attached hydrogens (tertiary/aromatic N) is 1. The minimum atomic E-state index is -3.41. The van der Waals surface area contributed by atoms with Crippen molar-refractivity contribution in [1.29, 1.82) is 0 Å². The number of amides is 1. The molecule has 0 aromatic heterocycles. The highest BCUT2D eigenvalue weighted by atomic mass is 32.2. The number of hydrogen-bond acceptors (Lipinski definition) is 3. The van der Waals surface area contributed by atoms with Crippen molar-refractivity contribution in [3.05, 3.63) is 65.2 Å². The Morgan fingerprint density at radius 2 is 1.75 bits per heavy atom. The zero-order chi connectivity index (χ0) is 20.7. The first-order valence-electron chi connectivity index (χ1n) is 9.64. The molecule has 0 fully saturated rings. The fourth-order valence-corrected chi connectivity index (χ4v) is 4.15. The third-order valence-electron chi connectivity index (χ3n) is 4.81. The molecule has 2 rings (SSSR count). The molecule has 0 saturated heterocycles. The summed E-state index contributed by atoms with van der Waals surface area (Å²) in [7, 11) is -3.41. The Morgan fingerprint density at radius 1 is 1.11 bits per heavy atom. The van der Waals surface area contributed by atoms with Crippen molar-refractivity contribution in [3.8, 4) is 0 Å². The van der Waals surface area contributed by atoms with Gasteiger partial charge in [-0.3, -0.25) is 9.10 Å². The third kappa shape index (κ3) is 6.09. The summed E-state index contributed by atoms with van der Waals surface area (Å²) in [6.45, 7) is 6.22. The Kier molecular flexibility index (Phi) is 7.63. The van der Waals surface area contributed by atoms with Crippen molar-refractivity contribution in [2.45, 2.75) is 46.1 Å². The van der Waals surface area contributed by atoms with Gasteiger partial charge in [0.2, 0.25) is 15.9 Å². The van der Waals surface area contributed by atoms with E-state index in [1.807, 2.05) is 44.2 Å². The van der Waals surface area contributed by atoms with E-state index in [1.54, 1.807) is 6.07 Å². The molecule has 1 atom stereocenters. The van der Waals surface area contributed by atoms with Gasteiger partial charge in [0, 0.05) is 13.0 Å². The zero-order valence-electron chi connectivity index (χ0n) is 17.1. The Bertz CT molecular complexity index is 892. The van der Waals surface area contributed by atoms with Gasteiger partial charge < -0.3 is 5.32 Å². The van der Waals surface area contributed by atoms with Gasteiger partial charge in [0.25, 0.3) is 0 Å². The Balaban J connectivity index is 1.92. The molecule has 0 radical (unpaired) electrons. The van der Waals surface area contributed by atoms with Gasteiger partial charge >= 0.3 is 0 Å². The summed E-state index contributed by atoms with van der Waals surface area (Å²) in [6, 6.07) is 15.5. The van der Waals surface area contributed by atoms with Crippen LogP contribution in [0.25, 0.3) is 0 Å². The smallest absolute Gasteiger partial charge is 0.232 e. The number of aryl methyl sites for hydroxylation is 2. The predicted molar refractivity (Wildman–Crippen MR) is 115 cm³/mol. The summed E-state index contributed by atoms with van der Waals surface area (Å²) >= 11 is 0. The molecule has 5 nitrogen and oxygen atoms in total. The van der Waals surface area contributed by atoms with E-state index < -0.39 is 10.0 Å². The molecule has 2 aromatic carbocycles. The number of carbonyl (C=O) groups is 1. The molecule has 0 aliphatic rings. The van der Waals surface area contributed by atoms with Crippen LogP contribution in [0.2, 0.25) is 0 Å². The van der Waals surface area contributed by atoms with Gasteiger partial charge in [-0.15, -0.1) is 0 Å². The maximum Gasteiger partial charge on any atom is 0.232 e. The average molecular weight is 403 g/mol. The van der Waals surface area contributed by atoms with Gasteiger partial charge in [-0.1, -0.05) is 49.4 Å². The molecule has 0 bridgehead atoms. The molecule has 152 valence electrons. The van der Waals surface area contributed by atoms with Crippen LogP contribution in [0.4, 0.5) is 5.69 Å². The molecule has 1 amide bonds. The fraction of sp³-hybridized carbons (Fsp3) is 0.409. The number of carbonyl (C=O) groups excluding carboxylic acids is 1. The van der Waals surface area contributed by atoms with Gasteiger partial charge in [-0.05, 0) is 49.4 Å². The molecule has 0 saturated carbocycles. The highest BCUT2D eigenvalue weighted by Gasteiger charge is 2.19. The average Bonchev–Trinajstić information content (AvgIpc) is 2.65. The number of para-hydroxylation sites is 1. The van der Waals surface area contributed by atoms with Crippen LogP contribution >= 0.6 is 0 Å². The minimum Gasteiger partial charge on any atom is -0.350 e. The molecular weight excluding hydrogens is 372 g/mol. The van der Waals surface area contributed by atoms with Crippen LogP contribution in [0.5, 0.6) is 0 Å². The van der Waals surface area contributed by atoms with Gasteiger partial charge in [-0.25, -0.2) is 8.42 Å².